The molecule has 1 aliphatic rings. The van der Waals surface area contributed by atoms with Crippen LogP contribution in [0.1, 0.15) is 11.7 Å². The predicted octanol–water partition coefficient (Wildman–Crippen LogP) is 2.64. The van der Waals surface area contributed by atoms with Crippen molar-refractivity contribution < 1.29 is 18.8 Å². The Labute approximate surface area is 119 Å². The maximum atomic E-state index is 12.2. The van der Waals surface area contributed by atoms with Crippen molar-refractivity contribution in [3.8, 4) is 17.2 Å². The minimum absolute atomic E-state index is 0.101. The van der Waals surface area contributed by atoms with Crippen LogP contribution in [-0.4, -0.2) is 22.2 Å². The molecule has 0 aromatic heterocycles. The highest BCUT2D eigenvalue weighted by molar-refractivity contribution is 7.85. The molecule has 0 fully saturated rings. The maximum Gasteiger partial charge on any atom is 0.136 e. The molecule has 0 amide bonds. The first kappa shape index (κ1) is 13.0. The van der Waals surface area contributed by atoms with Gasteiger partial charge in [-0.3, -0.25) is 4.21 Å². The molecule has 20 heavy (non-hydrogen) atoms. The number of phenols is 1. The Balaban J connectivity index is 1.90. The lowest BCUT2D eigenvalue weighted by molar-refractivity contribution is 0.217. The van der Waals surface area contributed by atoms with Crippen LogP contribution in [0, 0.1) is 0 Å². The van der Waals surface area contributed by atoms with Gasteiger partial charge in [0.1, 0.15) is 23.4 Å². The number of rotatable bonds is 2. The molecule has 4 nitrogen and oxygen atoms in total. The highest BCUT2D eigenvalue weighted by Crippen LogP contribution is 2.36. The van der Waals surface area contributed by atoms with Crippen LogP contribution in [0.3, 0.4) is 0 Å². The summed E-state index contributed by atoms with van der Waals surface area (Å²) in [6.45, 7) is 0. The molecule has 0 bridgehead atoms. The lowest BCUT2D eigenvalue weighted by Gasteiger charge is -2.26. The van der Waals surface area contributed by atoms with E-state index in [4.69, 9.17) is 9.47 Å². The molecule has 1 N–H and O–H groups in total. The zero-order valence-corrected chi connectivity index (χ0v) is 11.7. The summed E-state index contributed by atoms with van der Waals surface area (Å²) in [5.74, 6) is 1.82. The molecule has 3 rings (SSSR count). The molecule has 1 aliphatic heterocycles. The highest BCUT2D eigenvalue weighted by Gasteiger charge is 2.27. The second-order valence-corrected chi connectivity index (χ2v) is 5.99. The molecule has 0 saturated carbocycles. The average Bonchev–Trinajstić information content (AvgIpc) is 2.48. The van der Waals surface area contributed by atoms with Gasteiger partial charge in [-0.25, -0.2) is 0 Å². The van der Waals surface area contributed by atoms with Gasteiger partial charge in [0.25, 0.3) is 0 Å². The van der Waals surface area contributed by atoms with E-state index in [9.17, 15) is 9.32 Å². The Bertz CT molecular complexity index is 651. The minimum atomic E-state index is -1.18. The van der Waals surface area contributed by atoms with Crippen molar-refractivity contribution >= 4 is 10.8 Å². The summed E-state index contributed by atoms with van der Waals surface area (Å²) < 4.78 is 23.2. The van der Waals surface area contributed by atoms with Crippen LogP contribution in [0.2, 0.25) is 0 Å². The van der Waals surface area contributed by atoms with E-state index in [1.165, 1.54) is 12.1 Å². The SMILES string of the molecule is COc1ccc([C@@H]2CS(=O)c3cc(O)ccc3O2)cc1. The van der Waals surface area contributed by atoms with Gasteiger partial charge >= 0.3 is 0 Å². The number of benzene rings is 2. The quantitative estimate of drug-likeness (QED) is 0.924. The van der Waals surface area contributed by atoms with Gasteiger partial charge in [-0.2, -0.15) is 0 Å². The topological polar surface area (TPSA) is 55.8 Å². The number of ether oxygens (including phenoxy) is 2. The smallest absolute Gasteiger partial charge is 0.136 e. The monoisotopic (exact) mass is 290 g/mol. The van der Waals surface area contributed by atoms with E-state index in [0.29, 0.717) is 16.4 Å². The molecule has 0 aliphatic carbocycles. The number of hydrogen-bond donors (Lipinski definition) is 1. The van der Waals surface area contributed by atoms with Crippen molar-refractivity contribution in [2.24, 2.45) is 0 Å². The van der Waals surface area contributed by atoms with Crippen LogP contribution < -0.4 is 9.47 Å². The first-order valence-electron chi connectivity index (χ1n) is 6.19. The summed E-state index contributed by atoms with van der Waals surface area (Å²) in [6, 6.07) is 12.2. The first-order chi connectivity index (χ1) is 9.67. The van der Waals surface area contributed by atoms with Gasteiger partial charge in [-0.1, -0.05) is 12.1 Å². The minimum Gasteiger partial charge on any atom is -0.508 e. The Morgan fingerprint density at radius 1 is 1.25 bits per heavy atom. The van der Waals surface area contributed by atoms with E-state index >= 15 is 0 Å². The Morgan fingerprint density at radius 3 is 2.70 bits per heavy atom. The molecule has 2 aromatic carbocycles. The van der Waals surface area contributed by atoms with Crippen molar-refractivity contribution in [2.75, 3.05) is 12.9 Å². The number of methoxy groups -OCH3 is 1. The second-order valence-electron chi connectivity index (χ2n) is 4.52. The van der Waals surface area contributed by atoms with Crippen molar-refractivity contribution in [3.05, 3.63) is 48.0 Å². The van der Waals surface area contributed by atoms with E-state index in [1.807, 2.05) is 24.3 Å². The average molecular weight is 290 g/mol. The lowest BCUT2D eigenvalue weighted by Crippen LogP contribution is -2.21. The van der Waals surface area contributed by atoms with Crippen LogP contribution in [0.15, 0.2) is 47.4 Å². The Hall–Kier alpha value is -2.01. The van der Waals surface area contributed by atoms with Gasteiger partial charge < -0.3 is 14.6 Å². The van der Waals surface area contributed by atoms with Gasteiger partial charge in [0.2, 0.25) is 0 Å². The molecular formula is C15H14O4S. The number of phenolic OH excluding ortho intramolecular Hbond substituents is 1. The summed E-state index contributed by atoms with van der Waals surface area (Å²) in [6.07, 6.45) is -0.251. The van der Waals surface area contributed by atoms with E-state index < -0.39 is 10.8 Å². The third-order valence-corrected chi connectivity index (χ3v) is 4.65. The van der Waals surface area contributed by atoms with E-state index in [-0.39, 0.29) is 11.9 Å². The third kappa shape index (κ3) is 2.36. The van der Waals surface area contributed by atoms with Crippen molar-refractivity contribution in [3.63, 3.8) is 0 Å². The van der Waals surface area contributed by atoms with Gasteiger partial charge in [0.15, 0.2) is 0 Å². The summed E-state index contributed by atoms with van der Waals surface area (Å²) in [5.41, 5.74) is 0.956. The summed E-state index contributed by atoms with van der Waals surface area (Å²) in [7, 11) is 0.436. The van der Waals surface area contributed by atoms with Crippen LogP contribution in [0.25, 0.3) is 0 Å². The summed E-state index contributed by atoms with van der Waals surface area (Å²) >= 11 is 0. The first-order valence-corrected chi connectivity index (χ1v) is 7.51. The molecule has 5 heteroatoms. The molecular weight excluding hydrogens is 276 g/mol. The van der Waals surface area contributed by atoms with Crippen LogP contribution in [0.5, 0.6) is 17.2 Å². The Kier molecular flexibility index (Phi) is 3.36. The maximum absolute atomic E-state index is 12.2. The van der Waals surface area contributed by atoms with Crippen LogP contribution in [-0.2, 0) is 10.8 Å². The normalized spacial score (nSPS) is 20.9. The standard InChI is InChI=1S/C15H14O4S/c1-18-12-5-2-10(3-6-12)14-9-20(17)15-8-11(16)4-7-13(15)19-14/h2-8,14,16H,9H2,1H3/t14-,20?/m0/s1. The third-order valence-electron chi connectivity index (χ3n) is 3.23. The summed E-state index contributed by atoms with van der Waals surface area (Å²) in [5, 5.41) is 9.44. The number of aromatic hydroxyl groups is 1. The zero-order chi connectivity index (χ0) is 14.1. The van der Waals surface area contributed by atoms with Crippen molar-refractivity contribution in [1.29, 1.82) is 0 Å². The second kappa shape index (κ2) is 5.17. The highest BCUT2D eigenvalue weighted by atomic mass is 32.2. The number of hydrogen-bond acceptors (Lipinski definition) is 4. The van der Waals surface area contributed by atoms with Crippen molar-refractivity contribution in [2.45, 2.75) is 11.0 Å². The molecule has 2 atom stereocenters. The van der Waals surface area contributed by atoms with E-state index in [2.05, 4.69) is 0 Å². The molecule has 2 aromatic rings. The molecule has 0 spiro atoms. The molecule has 104 valence electrons. The summed E-state index contributed by atoms with van der Waals surface area (Å²) in [4.78, 5) is 0.551. The molecule has 0 radical (unpaired) electrons. The van der Waals surface area contributed by atoms with Crippen molar-refractivity contribution in [1.82, 2.24) is 0 Å². The van der Waals surface area contributed by atoms with Gasteiger partial charge in [0.05, 0.1) is 28.6 Å². The predicted molar refractivity (Wildman–Crippen MR) is 75.7 cm³/mol. The molecule has 0 saturated heterocycles. The van der Waals surface area contributed by atoms with Gasteiger partial charge in [0, 0.05) is 0 Å². The number of fused-ring (bicyclic) bond motifs is 1. The van der Waals surface area contributed by atoms with Crippen LogP contribution in [0.4, 0.5) is 0 Å². The molecule has 1 unspecified atom stereocenters. The Morgan fingerprint density at radius 2 is 2.00 bits per heavy atom. The molecule has 1 heterocycles. The fourth-order valence-electron chi connectivity index (χ4n) is 2.17. The lowest BCUT2D eigenvalue weighted by atomic mass is 10.1. The van der Waals surface area contributed by atoms with E-state index in [0.717, 1.165) is 11.3 Å². The van der Waals surface area contributed by atoms with E-state index in [1.54, 1.807) is 13.2 Å². The van der Waals surface area contributed by atoms with Gasteiger partial charge in [-0.05, 0) is 35.9 Å². The zero-order valence-electron chi connectivity index (χ0n) is 10.9. The fraction of sp³-hybridized carbons (Fsp3) is 0.200. The van der Waals surface area contributed by atoms with Crippen LogP contribution >= 0.6 is 0 Å². The van der Waals surface area contributed by atoms with Gasteiger partial charge in [-0.15, -0.1) is 0 Å². The largest absolute Gasteiger partial charge is 0.508 e. The fourth-order valence-corrected chi connectivity index (χ4v) is 3.48.